The summed E-state index contributed by atoms with van der Waals surface area (Å²) in [5.41, 5.74) is 2.24. The molecule has 4 nitrogen and oxygen atoms in total. The molecular formula is C21H22N4. The molecular weight excluding hydrogens is 308 g/mol. The zero-order valence-electron chi connectivity index (χ0n) is 14.3. The van der Waals surface area contributed by atoms with E-state index in [-0.39, 0.29) is 0 Å². The summed E-state index contributed by atoms with van der Waals surface area (Å²) >= 11 is 0. The number of rotatable bonds is 3. The summed E-state index contributed by atoms with van der Waals surface area (Å²) in [7, 11) is 0. The van der Waals surface area contributed by atoms with Crippen molar-refractivity contribution in [3.05, 3.63) is 60.4 Å². The first-order valence-corrected chi connectivity index (χ1v) is 8.83. The minimum Gasteiger partial charge on any atom is -0.360 e. The van der Waals surface area contributed by atoms with Crippen LogP contribution in [0.5, 0.6) is 0 Å². The van der Waals surface area contributed by atoms with Crippen LogP contribution in [0.1, 0.15) is 12.0 Å². The first-order valence-electron chi connectivity index (χ1n) is 8.83. The van der Waals surface area contributed by atoms with Gasteiger partial charge in [0.25, 0.3) is 0 Å². The maximum absolute atomic E-state index is 4.44. The van der Waals surface area contributed by atoms with Gasteiger partial charge in [-0.05, 0) is 18.2 Å². The fourth-order valence-electron chi connectivity index (χ4n) is 3.29. The van der Waals surface area contributed by atoms with Gasteiger partial charge in [-0.1, -0.05) is 36.1 Å². The van der Waals surface area contributed by atoms with Crippen molar-refractivity contribution in [2.45, 2.75) is 6.42 Å². The Morgan fingerprint density at radius 1 is 1.00 bits per heavy atom. The summed E-state index contributed by atoms with van der Waals surface area (Å²) in [4.78, 5) is 12.6. The predicted octanol–water partition coefficient (Wildman–Crippen LogP) is 3.13. The molecule has 4 heteroatoms. The second-order valence-corrected chi connectivity index (χ2v) is 6.32. The van der Waals surface area contributed by atoms with E-state index in [0.717, 1.165) is 56.0 Å². The molecule has 1 aliphatic rings. The second kappa shape index (κ2) is 7.42. The van der Waals surface area contributed by atoms with Gasteiger partial charge in [0.15, 0.2) is 0 Å². The number of hydrogen-bond donors (Lipinski definition) is 1. The number of pyridine rings is 1. The van der Waals surface area contributed by atoms with Crippen molar-refractivity contribution < 1.29 is 0 Å². The average Bonchev–Trinajstić information content (AvgIpc) is 3.10. The van der Waals surface area contributed by atoms with Gasteiger partial charge in [-0.15, -0.1) is 0 Å². The Kier molecular flexibility index (Phi) is 4.67. The summed E-state index contributed by atoms with van der Waals surface area (Å²) in [5, 5.41) is 1.21. The number of anilines is 1. The molecule has 0 amide bonds. The average molecular weight is 330 g/mol. The zero-order chi connectivity index (χ0) is 16.9. The largest absolute Gasteiger partial charge is 0.360 e. The van der Waals surface area contributed by atoms with Crippen molar-refractivity contribution in [3.8, 4) is 11.8 Å². The van der Waals surface area contributed by atoms with Gasteiger partial charge in [-0.2, -0.15) is 0 Å². The van der Waals surface area contributed by atoms with Crippen molar-refractivity contribution in [2.75, 3.05) is 37.6 Å². The third-order valence-corrected chi connectivity index (χ3v) is 4.71. The number of hydrogen-bond acceptors (Lipinski definition) is 3. The quantitative estimate of drug-likeness (QED) is 0.750. The van der Waals surface area contributed by atoms with Crippen LogP contribution in [-0.4, -0.2) is 47.6 Å². The summed E-state index contributed by atoms with van der Waals surface area (Å²) < 4.78 is 0. The van der Waals surface area contributed by atoms with E-state index in [4.69, 9.17) is 0 Å². The summed E-state index contributed by atoms with van der Waals surface area (Å²) in [5.74, 6) is 7.73. The summed E-state index contributed by atoms with van der Waals surface area (Å²) in [6.45, 7) is 5.25. The monoisotopic (exact) mass is 330 g/mol. The number of aromatic nitrogens is 2. The Bertz CT molecular complexity index is 880. The first kappa shape index (κ1) is 15.7. The molecule has 0 unspecified atom stereocenters. The Balaban J connectivity index is 1.28. The molecule has 25 heavy (non-hydrogen) atoms. The fourth-order valence-corrected chi connectivity index (χ4v) is 3.29. The second-order valence-electron chi connectivity index (χ2n) is 6.32. The van der Waals surface area contributed by atoms with Gasteiger partial charge >= 0.3 is 0 Å². The lowest BCUT2D eigenvalue weighted by Gasteiger charge is -2.35. The van der Waals surface area contributed by atoms with E-state index in [9.17, 15) is 0 Å². The van der Waals surface area contributed by atoms with E-state index < -0.39 is 0 Å². The smallest absolute Gasteiger partial charge is 0.128 e. The van der Waals surface area contributed by atoms with Crippen LogP contribution >= 0.6 is 0 Å². The topological polar surface area (TPSA) is 35.2 Å². The molecule has 1 aromatic carbocycles. The van der Waals surface area contributed by atoms with Crippen molar-refractivity contribution >= 4 is 16.7 Å². The van der Waals surface area contributed by atoms with E-state index in [1.165, 1.54) is 5.39 Å². The van der Waals surface area contributed by atoms with Crippen LogP contribution in [0.3, 0.4) is 0 Å². The molecule has 0 atom stereocenters. The highest BCUT2D eigenvalue weighted by Gasteiger charge is 2.16. The zero-order valence-corrected chi connectivity index (χ0v) is 14.3. The maximum Gasteiger partial charge on any atom is 0.128 e. The molecule has 1 N–H and O–H groups in total. The number of nitrogens with one attached hydrogen (secondary N) is 1. The standard InChI is InChI=1S/C21H22N4/c1-2-9-20-19(8-1)18(17-23-20)7-4-6-12-24-13-15-25(16-14-24)21-10-3-5-11-22-21/h1-3,5,8-11,17,23H,6,12-16H2. The molecule has 3 heterocycles. The van der Waals surface area contributed by atoms with Crippen LogP contribution in [0.4, 0.5) is 5.82 Å². The van der Waals surface area contributed by atoms with E-state index in [1.54, 1.807) is 0 Å². The highest BCUT2D eigenvalue weighted by molar-refractivity contribution is 5.85. The van der Waals surface area contributed by atoms with Gasteiger partial charge in [0.05, 0.1) is 0 Å². The molecule has 1 fully saturated rings. The maximum atomic E-state index is 4.44. The van der Waals surface area contributed by atoms with Crippen LogP contribution in [-0.2, 0) is 0 Å². The Labute approximate surface area is 148 Å². The van der Waals surface area contributed by atoms with Crippen molar-refractivity contribution in [1.29, 1.82) is 0 Å². The molecule has 2 aromatic heterocycles. The van der Waals surface area contributed by atoms with E-state index in [1.807, 2.05) is 24.5 Å². The minimum atomic E-state index is 0.906. The number of aromatic amines is 1. The van der Waals surface area contributed by atoms with Crippen molar-refractivity contribution in [1.82, 2.24) is 14.9 Å². The SMILES string of the molecule is C(#Cc1c[nH]c2ccccc12)CCN1CCN(c2ccccn2)CC1. The number of piperazine rings is 1. The van der Waals surface area contributed by atoms with Crippen LogP contribution < -0.4 is 4.90 Å². The third kappa shape index (κ3) is 3.67. The molecule has 0 bridgehead atoms. The van der Waals surface area contributed by atoms with Gasteiger partial charge in [0.2, 0.25) is 0 Å². The first-order chi connectivity index (χ1) is 12.4. The van der Waals surface area contributed by atoms with Gasteiger partial charge in [-0.3, -0.25) is 4.90 Å². The Hall–Kier alpha value is -2.77. The van der Waals surface area contributed by atoms with Gasteiger partial charge in [0, 0.05) is 68.0 Å². The Morgan fingerprint density at radius 2 is 1.84 bits per heavy atom. The third-order valence-electron chi connectivity index (χ3n) is 4.71. The van der Waals surface area contributed by atoms with Crippen LogP contribution in [0.15, 0.2) is 54.9 Å². The van der Waals surface area contributed by atoms with Crippen LogP contribution in [0.25, 0.3) is 10.9 Å². The number of para-hydroxylation sites is 1. The van der Waals surface area contributed by atoms with Crippen LogP contribution in [0, 0.1) is 11.8 Å². The van der Waals surface area contributed by atoms with E-state index >= 15 is 0 Å². The number of fused-ring (bicyclic) bond motifs is 1. The lowest BCUT2D eigenvalue weighted by Crippen LogP contribution is -2.46. The van der Waals surface area contributed by atoms with Crippen molar-refractivity contribution in [2.24, 2.45) is 0 Å². The highest BCUT2D eigenvalue weighted by atomic mass is 15.3. The van der Waals surface area contributed by atoms with Gasteiger partial charge < -0.3 is 9.88 Å². The normalized spacial score (nSPS) is 15.1. The fraction of sp³-hybridized carbons (Fsp3) is 0.286. The number of H-pyrrole nitrogens is 1. The van der Waals surface area contributed by atoms with Gasteiger partial charge in [-0.25, -0.2) is 4.98 Å². The predicted molar refractivity (Wildman–Crippen MR) is 103 cm³/mol. The molecule has 1 saturated heterocycles. The van der Waals surface area contributed by atoms with E-state index in [0.29, 0.717) is 0 Å². The number of nitrogens with zero attached hydrogens (tertiary/aromatic N) is 3. The summed E-state index contributed by atoms with van der Waals surface area (Å²) in [6.07, 6.45) is 4.77. The molecule has 126 valence electrons. The number of benzene rings is 1. The molecule has 4 rings (SSSR count). The molecule has 0 aliphatic carbocycles. The molecule has 0 saturated carbocycles. The lowest BCUT2D eigenvalue weighted by atomic mass is 10.2. The Morgan fingerprint density at radius 3 is 2.68 bits per heavy atom. The lowest BCUT2D eigenvalue weighted by molar-refractivity contribution is 0.263. The molecule has 0 radical (unpaired) electrons. The molecule has 3 aromatic rings. The van der Waals surface area contributed by atoms with Gasteiger partial charge in [0.1, 0.15) is 5.82 Å². The molecule has 1 aliphatic heterocycles. The minimum absolute atomic E-state index is 0.906. The van der Waals surface area contributed by atoms with Crippen molar-refractivity contribution in [3.63, 3.8) is 0 Å². The van der Waals surface area contributed by atoms with Crippen LogP contribution in [0.2, 0.25) is 0 Å². The molecule has 0 spiro atoms. The highest BCUT2D eigenvalue weighted by Crippen LogP contribution is 2.16. The van der Waals surface area contributed by atoms with E-state index in [2.05, 4.69) is 61.9 Å². The summed E-state index contributed by atoms with van der Waals surface area (Å²) in [6, 6.07) is 14.4.